The maximum absolute atomic E-state index is 12.5. The number of aryl methyl sites for hydroxylation is 1. The zero-order valence-electron chi connectivity index (χ0n) is 13.4. The lowest BCUT2D eigenvalue weighted by molar-refractivity contribution is -0.149. The Hall–Kier alpha value is -2.44. The van der Waals surface area contributed by atoms with E-state index < -0.39 is 6.03 Å². The van der Waals surface area contributed by atoms with E-state index in [1.807, 2.05) is 19.1 Å². The van der Waals surface area contributed by atoms with Crippen molar-refractivity contribution in [3.05, 3.63) is 34.7 Å². The molecule has 1 aliphatic heterocycles. The molecule has 0 saturated carbocycles. The summed E-state index contributed by atoms with van der Waals surface area (Å²) < 4.78 is 5.00. The summed E-state index contributed by atoms with van der Waals surface area (Å²) >= 11 is 0. The Morgan fingerprint density at radius 1 is 1.26 bits per heavy atom. The molecule has 0 bridgehead atoms. The first-order valence-electron chi connectivity index (χ1n) is 7.72. The number of amides is 2. The standard InChI is InChI=1S/C16H21N3O4/c1-3-23-15(20)13-8-10-18(11-9-13)16(21)19(17-22)14-6-4-12(2)5-7-14/h4-7,13H,3,8-11H2,1-2H3. The average molecular weight is 319 g/mol. The van der Waals surface area contributed by atoms with E-state index in [1.54, 1.807) is 19.1 Å². The maximum atomic E-state index is 12.5. The minimum absolute atomic E-state index is 0.184. The fraction of sp³-hybridized carbons (Fsp3) is 0.500. The van der Waals surface area contributed by atoms with Gasteiger partial charge < -0.3 is 9.64 Å². The van der Waals surface area contributed by atoms with Crippen molar-refractivity contribution in [2.24, 2.45) is 11.2 Å². The Morgan fingerprint density at radius 2 is 1.87 bits per heavy atom. The minimum Gasteiger partial charge on any atom is -0.466 e. The molecule has 0 N–H and O–H groups in total. The molecule has 2 amide bonds. The van der Waals surface area contributed by atoms with Gasteiger partial charge in [-0.25, -0.2) is 4.79 Å². The molecule has 0 radical (unpaired) electrons. The van der Waals surface area contributed by atoms with Crippen molar-refractivity contribution in [1.29, 1.82) is 0 Å². The number of hydrogen-bond donors (Lipinski definition) is 0. The van der Waals surface area contributed by atoms with Gasteiger partial charge in [-0.15, -0.1) is 9.92 Å². The second kappa shape index (κ2) is 7.71. The van der Waals surface area contributed by atoms with Crippen LogP contribution in [0, 0.1) is 17.7 Å². The third-order valence-corrected chi connectivity index (χ3v) is 3.93. The second-order valence-corrected chi connectivity index (χ2v) is 5.52. The molecule has 0 aromatic heterocycles. The van der Waals surface area contributed by atoms with E-state index in [0.717, 1.165) is 10.6 Å². The van der Waals surface area contributed by atoms with Crippen LogP contribution in [0.15, 0.2) is 29.6 Å². The van der Waals surface area contributed by atoms with Gasteiger partial charge in [-0.05, 0) is 38.8 Å². The largest absolute Gasteiger partial charge is 0.466 e. The van der Waals surface area contributed by atoms with Gasteiger partial charge in [0.05, 0.1) is 23.5 Å². The quantitative estimate of drug-likeness (QED) is 0.485. The molecular weight excluding hydrogens is 298 g/mol. The van der Waals surface area contributed by atoms with Crippen LogP contribution in [0.1, 0.15) is 25.3 Å². The molecule has 0 spiro atoms. The zero-order chi connectivity index (χ0) is 16.8. The van der Waals surface area contributed by atoms with Gasteiger partial charge >= 0.3 is 12.0 Å². The molecule has 1 aliphatic rings. The van der Waals surface area contributed by atoms with E-state index in [1.165, 1.54) is 4.90 Å². The Kier molecular flexibility index (Phi) is 5.67. The molecule has 1 aromatic carbocycles. The van der Waals surface area contributed by atoms with Gasteiger partial charge in [-0.3, -0.25) is 4.79 Å². The average Bonchev–Trinajstić information content (AvgIpc) is 2.57. The summed E-state index contributed by atoms with van der Waals surface area (Å²) in [5, 5.41) is 3.70. The summed E-state index contributed by atoms with van der Waals surface area (Å²) in [4.78, 5) is 36.8. The molecular formula is C16H21N3O4. The number of hydrogen-bond acceptors (Lipinski definition) is 5. The number of carbonyl (C=O) groups excluding carboxylic acids is 2. The van der Waals surface area contributed by atoms with Crippen LogP contribution >= 0.6 is 0 Å². The fourth-order valence-corrected chi connectivity index (χ4v) is 2.58. The lowest BCUT2D eigenvalue weighted by Crippen LogP contribution is -2.46. The lowest BCUT2D eigenvalue weighted by atomic mass is 9.97. The van der Waals surface area contributed by atoms with Crippen molar-refractivity contribution in [2.75, 3.05) is 24.7 Å². The van der Waals surface area contributed by atoms with Gasteiger partial charge in [0.2, 0.25) is 0 Å². The monoisotopic (exact) mass is 319 g/mol. The van der Waals surface area contributed by atoms with E-state index in [0.29, 0.717) is 38.2 Å². The van der Waals surface area contributed by atoms with Gasteiger partial charge in [0, 0.05) is 13.1 Å². The number of piperidine rings is 1. The first kappa shape index (κ1) is 16.9. The number of likely N-dealkylation sites (tertiary alicyclic amines) is 1. The van der Waals surface area contributed by atoms with Crippen LogP contribution in [-0.2, 0) is 9.53 Å². The van der Waals surface area contributed by atoms with Crippen LogP contribution in [0.5, 0.6) is 0 Å². The van der Waals surface area contributed by atoms with Gasteiger partial charge in [0.25, 0.3) is 0 Å². The predicted octanol–water partition coefficient (Wildman–Crippen LogP) is 2.88. The van der Waals surface area contributed by atoms with Crippen LogP contribution in [-0.4, -0.2) is 36.6 Å². The Labute approximate surface area is 135 Å². The second-order valence-electron chi connectivity index (χ2n) is 5.52. The Balaban J connectivity index is 1.99. The van der Waals surface area contributed by atoms with E-state index in [2.05, 4.69) is 5.29 Å². The molecule has 124 valence electrons. The first-order valence-corrected chi connectivity index (χ1v) is 7.72. The Morgan fingerprint density at radius 3 is 2.39 bits per heavy atom. The van der Waals surface area contributed by atoms with E-state index in [4.69, 9.17) is 4.74 Å². The molecule has 0 atom stereocenters. The van der Waals surface area contributed by atoms with Crippen LogP contribution in [0.2, 0.25) is 0 Å². The third kappa shape index (κ3) is 4.06. The molecule has 0 unspecified atom stereocenters. The van der Waals surface area contributed by atoms with Crippen LogP contribution in [0.4, 0.5) is 10.5 Å². The van der Waals surface area contributed by atoms with Crippen molar-refractivity contribution in [3.63, 3.8) is 0 Å². The molecule has 1 aromatic rings. The number of nitrogens with zero attached hydrogens (tertiary/aromatic N) is 3. The minimum atomic E-state index is -0.467. The van der Waals surface area contributed by atoms with E-state index in [-0.39, 0.29) is 11.9 Å². The Bertz CT molecular complexity index is 565. The molecule has 1 heterocycles. The van der Waals surface area contributed by atoms with Crippen molar-refractivity contribution in [3.8, 4) is 0 Å². The molecule has 23 heavy (non-hydrogen) atoms. The van der Waals surface area contributed by atoms with Crippen molar-refractivity contribution >= 4 is 17.7 Å². The molecule has 7 heteroatoms. The number of rotatable bonds is 4. The number of ether oxygens (including phenoxy) is 1. The van der Waals surface area contributed by atoms with Crippen LogP contribution in [0.25, 0.3) is 0 Å². The molecule has 1 saturated heterocycles. The van der Waals surface area contributed by atoms with Gasteiger partial charge in [0.15, 0.2) is 0 Å². The third-order valence-electron chi connectivity index (χ3n) is 3.93. The molecule has 0 aliphatic carbocycles. The molecule has 1 fully saturated rings. The SMILES string of the molecule is CCOC(=O)C1CCN(C(=O)N(N=O)c2ccc(C)cc2)CC1. The molecule has 2 rings (SSSR count). The maximum Gasteiger partial charge on any atom is 0.347 e. The summed E-state index contributed by atoms with van der Waals surface area (Å²) in [6, 6.07) is 6.52. The van der Waals surface area contributed by atoms with Crippen molar-refractivity contribution in [2.45, 2.75) is 26.7 Å². The van der Waals surface area contributed by atoms with Gasteiger partial charge in [-0.2, -0.15) is 0 Å². The number of carbonyl (C=O) groups is 2. The summed E-state index contributed by atoms with van der Waals surface area (Å²) in [6.07, 6.45) is 1.07. The highest BCUT2D eigenvalue weighted by Gasteiger charge is 2.31. The number of nitroso groups, excluding NO2 is 1. The van der Waals surface area contributed by atoms with Crippen LogP contribution in [0.3, 0.4) is 0 Å². The summed E-state index contributed by atoms with van der Waals surface area (Å²) in [6.45, 7) is 4.85. The number of benzene rings is 1. The fourth-order valence-electron chi connectivity index (χ4n) is 2.58. The topological polar surface area (TPSA) is 79.3 Å². The lowest BCUT2D eigenvalue weighted by Gasteiger charge is -2.32. The van der Waals surface area contributed by atoms with Crippen LogP contribution < -0.4 is 5.01 Å². The van der Waals surface area contributed by atoms with Crippen molar-refractivity contribution < 1.29 is 14.3 Å². The highest BCUT2D eigenvalue weighted by atomic mass is 16.5. The zero-order valence-corrected chi connectivity index (χ0v) is 13.4. The summed E-state index contributed by atoms with van der Waals surface area (Å²) in [5.41, 5.74) is 1.46. The highest BCUT2D eigenvalue weighted by Crippen LogP contribution is 2.22. The smallest absolute Gasteiger partial charge is 0.347 e. The first-order chi connectivity index (χ1) is 11.1. The van der Waals surface area contributed by atoms with Crippen molar-refractivity contribution in [1.82, 2.24) is 4.90 Å². The summed E-state index contributed by atoms with van der Waals surface area (Å²) in [5.74, 6) is -0.403. The molecule has 7 nitrogen and oxygen atoms in total. The predicted molar refractivity (Wildman–Crippen MR) is 85.8 cm³/mol. The number of esters is 1. The van der Waals surface area contributed by atoms with E-state index in [9.17, 15) is 14.5 Å². The van der Waals surface area contributed by atoms with Gasteiger partial charge in [-0.1, -0.05) is 17.7 Å². The normalized spacial score (nSPS) is 15.1. The number of anilines is 1. The van der Waals surface area contributed by atoms with Gasteiger partial charge in [0.1, 0.15) is 0 Å². The highest BCUT2D eigenvalue weighted by molar-refractivity contribution is 5.91. The summed E-state index contributed by atoms with van der Waals surface area (Å²) in [7, 11) is 0. The number of urea groups is 1. The van der Waals surface area contributed by atoms with E-state index >= 15 is 0 Å².